The number of ether oxygens (including phenoxy) is 1. The second kappa shape index (κ2) is 7.29. The molecule has 0 aliphatic heterocycles. The van der Waals surface area contributed by atoms with Gasteiger partial charge in [-0.05, 0) is 39.0 Å². The minimum atomic E-state index is -0.525. The number of alkyl carbamates (subject to hydrolysis) is 1. The van der Waals surface area contributed by atoms with Gasteiger partial charge >= 0.3 is 6.09 Å². The molecule has 1 aromatic carbocycles. The summed E-state index contributed by atoms with van der Waals surface area (Å²) >= 11 is 6.34. The smallest absolute Gasteiger partial charge is 0.407 e. The predicted molar refractivity (Wildman–Crippen MR) is 100 cm³/mol. The molecule has 0 unspecified atom stereocenters. The molecular weight excluding hydrogens is 356 g/mol. The van der Waals surface area contributed by atoms with Crippen LogP contribution in [-0.4, -0.2) is 21.8 Å². The zero-order valence-electron chi connectivity index (χ0n) is 14.9. The maximum Gasteiger partial charge on any atom is 0.407 e. The number of halogens is 1. The Morgan fingerprint density at radius 1 is 1.31 bits per heavy atom. The molecule has 0 saturated heterocycles. The first-order chi connectivity index (χ1) is 12.3. The number of nitrogens with one attached hydrogen (secondary N) is 3. The number of carbonyl (C=O) groups is 1. The number of aromatic nitrogens is 2. The number of amides is 1. The van der Waals surface area contributed by atoms with Crippen molar-refractivity contribution in [1.29, 1.82) is 0 Å². The van der Waals surface area contributed by atoms with Gasteiger partial charge in [-0.3, -0.25) is 0 Å². The summed E-state index contributed by atoms with van der Waals surface area (Å²) in [5.41, 5.74) is 2.82. The molecule has 3 aromatic rings. The molecule has 1 amide bonds. The van der Waals surface area contributed by atoms with Gasteiger partial charge in [0, 0.05) is 22.7 Å². The van der Waals surface area contributed by atoms with Crippen LogP contribution in [0.3, 0.4) is 0 Å². The summed E-state index contributed by atoms with van der Waals surface area (Å²) in [5, 5.41) is 11.4. The third-order valence-electron chi connectivity index (χ3n) is 3.54. The van der Waals surface area contributed by atoms with Crippen LogP contribution in [0, 0.1) is 0 Å². The molecule has 0 bridgehead atoms. The number of rotatable bonds is 5. The largest absolute Gasteiger partial charge is 0.444 e. The molecule has 0 aliphatic rings. The van der Waals surface area contributed by atoms with Crippen molar-refractivity contribution in [3.05, 3.63) is 46.9 Å². The lowest BCUT2D eigenvalue weighted by Gasteiger charge is -2.19. The average molecular weight is 377 g/mol. The van der Waals surface area contributed by atoms with Crippen LogP contribution in [0.4, 0.5) is 10.5 Å². The number of aromatic amines is 1. The number of carbonyl (C=O) groups excluding carboxylic acids is 1. The van der Waals surface area contributed by atoms with E-state index in [1.54, 1.807) is 6.07 Å². The lowest BCUT2D eigenvalue weighted by atomic mass is 10.2. The van der Waals surface area contributed by atoms with Crippen LogP contribution in [0.15, 0.2) is 35.1 Å². The lowest BCUT2D eigenvalue weighted by molar-refractivity contribution is 0.0523. The molecular formula is C18H21ClN4O3. The highest BCUT2D eigenvalue weighted by Crippen LogP contribution is 2.29. The number of fused-ring (bicyclic) bond motifs is 1. The summed E-state index contributed by atoms with van der Waals surface area (Å²) in [6.07, 6.45) is 1.07. The van der Waals surface area contributed by atoms with E-state index >= 15 is 0 Å². The number of hydrogen-bond donors (Lipinski definition) is 3. The molecule has 0 fully saturated rings. The van der Waals surface area contributed by atoms with Crippen LogP contribution >= 0.6 is 11.6 Å². The van der Waals surface area contributed by atoms with E-state index in [2.05, 4.69) is 20.8 Å². The molecule has 0 radical (unpaired) electrons. The van der Waals surface area contributed by atoms with E-state index in [0.29, 0.717) is 18.1 Å². The van der Waals surface area contributed by atoms with Crippen molar-refractivity contribution in [2.24, 2.45) is 0 Å². The van der Waals surface area contributed by atoms with Crippen LogP contribution in [0.1, 0.15) is 32.2 Å². The van der Waals surface area contributed by atoms with Crippen LogP contribution in [0.2, 0.25) is 5.02 Å². The van der Waals surface area contributed by atoms with Crippen molar-refractivity contribution in [3.63, 3.8) is 0 Å². The Hall–Kier alpha value is -2.67. The highest BCUT2D eigenvalue weighted by Gasteiger charge is 2.16. The van der Waals surface area contributed by atoms with E-state index in [0.717, 1.165) is 28.0 Å². The number of anilines is 1. The molecule has 0 spiro atoms. The van der Waals surface area contributed by atoms with Crippen molar-refractivity contribution in [1.82, 2.24) is 15.5 Å². The fraction of sp³-hybridized carbons (Fsp3) is 0.333. The quantitative estimate of drug-likeness (QED) is 0.612. The van der Waals surface area contributed by atoms with Gasteiger partial charge in [-0.1, -0.05) is 16.8 Å². The second-order valence-corrected chi connectivity index (χ2v) is 7.32. The average Bonchev–Trinajstić information content (AvgIpc) is 3.18. The molecule has 3 N–H and O–H groups in total. The summed E-state index contributed by atoms with van der Waals surface area (Å²) in [6.45, 7) is 6.32. The summed E-state index contributed by atoms with van der Waals surface area (Å²) in [7, 11) is 0. The van der Waals surface area contributed by atoms with E-state index in [4.69, 9.17) is 20.9 Å². The number of benzene rings is 1. The molecule has 0 saturated carbocycles. The Morgan fingerprint density at radius 2 is 2.12 bits per heavy atom. The Morgan fingerprint density at radius 3 is 2.81 bits per heavy atom. The molecule has 138 valence electrons. The Bertz CT molecular complexity index is 897. The van der Waals surface area contributed by atoms with E-state index in [1.165, 1.54) is 6.26 Å². The highest BCUT2D eigenvalue weighted by atomic mass is 35.5. The maximum atomic E-state index is 11.8. The standard InChI is InChI=1S/C18H21ClN4O3/c1-18(2,3)26-17(24)21-10-13-6-11-7-14(19)16(8-15(11)22-13)20-9-12-4-5-25-23-12/h4-8,20,22H,9-10H2,1-3H3,(H,21,24). The Kier molecular flexibility index (Phi) is 5.08. The summed E-state index contributed by atoms with van der Waals surface area (Å²) in [4.78, 5) is 15.0. The molecule has 8 heteroatoms. The van der Waals surface area contributed by atoms with Gasteiger partial charge < -0.3 is 24.9 Å². The number of nitrogens with zero attached hydrogens (tertiary/aromatic N) is 1. The topological polar surface area (TPSA) is 92.2 Å². The van der Waals surface area contributed by atoms with Gasteiger partial charge in [0.2, 0.25) is 0 Å². The molecule has 0 aliphatic carbocycles. The first-order valence-corrected chi connectivity index (χ1v) is 8.59. The predicted octanol–water partition coefficient (Wildman–Crippen LogP) is 4.45. The van der Waals surface area contributed by atoms with Crippen molar-refractivity contribution in [3.8, 4) is 0 Å². The minimum Gasteiger partial charge on any atom is -0.444 e. The van der Waals surface area contributed by atoms with Crippen molar-refractivity contribution in [2.75, 3.05) is 5.32 Å². The fourth-order valence-corrected chi connectivity index (χ4v) is 2.68. The number of H-pyrrole nitrogens is 1. The van der Waals surface area contributed by atoms with Gasteiger partial charge in [-0.2, -0.15) is 0 Å². The van der Waals surface area contributed by atoms with Gasteiger partial charge in [0.1, 0.15) is 17.6 Å². The summed E-state index contributed by atoms with van der Waals surface area (Å²) < 4.78 is 10.0. The first kappa shape index (κ1) is 18.1. The number of hydrogen-bond acceptors (Lipinski definition) is 5. The molecule has 26 heavy (non-hydrogen) atoms. The van der Waals surface area contributed by atoms with Crippen LogP contribution in [0.5, 0.6) is 0 Å². The van der Waals surface area contributed by atoms with Gasteiger partial charge in [-0.15, -0.1) is 0 Å². The van der Waals surface area contributed by atoms with Crippen LogP contribution in [0.25, 0.3) is 10.9 Å². The second-order valence-electron chi connectivity index (χ2n) is 6.91. The van der Waals surface area contributed by atoms with Gasteiger partial charge in [-0.25, -0.2) is 4.79 Å². The van der Waals surface area contributed by atoms with Crippen molar-refractivity contribution >= 4 is 34.3 Å². The SMILES string of the molecule is CC(C)(C)OC(=O)NCc1cc2cc(Cl)c(NCc3ccon3)cc2[nH]1. The third-order valence-corrected chi connectivity index (χ3v) is 3.85. The van der Waals surface area contributed by atoms with Gasteiger partial charge in [0.15, 0.2) is 0 Å². The zero-order valence-corrected chi connectivity index (χ0v) is 15.6. The Labute approximate surface area is 156 Å². The van der Waals surface area contributed by atoms with E-state index in [9.17, 15) is 4.79 Å². The molecule has 0 atom stereocenters. The first-order valence-electron chi connectivity index (χ1n) is 8.21. The van der Waals surface area contributed by atoms with Gasteiger partial charge in [0.25, 0.3) is 0 Å². The van der Waals surface area contributed by atoms with E-state index < -0.39 is 11.7 Å². The summed E-state index contributed by atoms with van der Waals surface area (Å²) in [5.74, 6) is 0. The minimum absolute atomic E-state index is 0.336. The van der Waals surface area contributed by atoms with Crippen molar-refractivity contribution in [2.45, 2.75) is 39.5 Å². The van der Waals surface area contributed by atoms with E-state index in [1.807, 2.05) is 39.0 Å². The maximum absolute atomic E-state index is 11.8. The zero-order chi connectivity index (χ0) is 18.7. The molecule has 2 aromatic heterocycles. The lowest BCUT2D eigenvalue weighted by Crippen LogP contribution is -2.32. The van der Waals surface area contributed by atoms with Crippen LogP contribution < -0.4 is 10.6 Å². The summed E-state index contributed by atoms with van der Waals surface area (Å²) in [6, 6.07) is 7.53. The molecule has 7 nitrogen and oxygen atoms in total. The normalized spacial score (nSPS) is 11.5. The monoisotopic (exact) mass is 376 g/mol. The van der Waals surface area contributed by atoms with Crippen LogP contribution in [-0.2, 0) is 17.8 Å². The molecule has 2 heterocycles. The third kappa shape index (κ3) is 4.70. The van der Waals surface area contributed by atoms with Gasteiger partial charge in [0.05, 0.1) is 23.8 Å². The Balaban J connectivity index is 1.67. The fourth-order valence-electron chi connectivity index (χ4n) is 2.44. The van der Waals surface area contributed by atoms with E-state index in [-0.39, 0.29) is 0 Å². The van der Waals surface area contributed by atoms with Crippen molar-refractivity contribution < 1.29 is 14.1 Å². The molecule has 3 rings (SSSR count). The highest BCUT2D eigenvalue weighted by molar-refractivity contribution is 6.34.